The van der Waals surface area contributed by atoms with Crippen LogP contribution in [0, 0.1) is 17.1 Å². The molecule has 0 atom stereocenters. The zero-order chi connectivity index (χ0) is 23.3. The van der Waals surface area contributed by atoms with Crippen LogP contribution in [0.3, 0.4) is 0 Å². The van der Waals surface area contributed by atoms with Crippen molar-refractivity contribution in [1.82, 2.24) is 0 Å². The summed E-state index contributed by atoms with van der Waals surface area (Å²) in [6, 6.07) is 16.2. The van der Waals surface area contributed by atoms with Crippen molar-refractivity contribution in [3.63, 3.8) is 0 Å². The highest BCUT2D eigenvalue weighted by molar-refractivity contribution is 7.95. The quantitative estimate of drug-likeness (QED) is 0.375. The third-order valence-electron chi connectivity index (χ3n) is 4.46. The van der Waals surface area contributed by atoms with Gasteiger partial charge in [0, 0.05) is 16.1 Å². The second kappa shape index (κ2) is 10.0. The van der Waals surface area contributed by atoms with Crippen molar-refractivity contribution in [3.8, 4) is 17.6 Å². The maximum Gasteiger partial charge on any atom is 0.216 e. The van der Waals surface area contributed by atoms with Gasteiger partial charge in [0.05, 0.1) is 17.0 Å². The molecule has 0 N–H and O–H groups in total. The fourth-order valence-corrected chi connectivity index (χ4v) is 4.32. The summed E-state index contributed by atoms with van der Waals surface area (Å²) in [5.41, 5.74) is 0.384. The monoisotopic (exact) mass is 491 g/mol. The number of hydrogen-bond acceptors (Lipinski definition) is 5. The third kappa shape index (κ3) is 5.05. The van der Waals surface area contributed by atoms with Gasteiger partial charge in [-0.05, 0) is 48.5 Å². The second-order valence-corrected chi connectivity index (χ2v) is 9.21. The van der Waals surface area contributed by atoms with Crippen molar-refractivity contribution in [2.75, 3.05) is 7.11 Å². The maximum atomic E-state index is 14.1. The van der Waals surface area contributed by atoms with Crippen LogP contribution in [0.2, 0.25) is 10.0 Å². The Kier molecular flexibility index (Phi) is 7.41. The Morgan fingerprint density at radius 1 is 1.09 bits per heavy atom. The van der Waals surface area contributed by atoms with Crippen LogP contribution in [0.1, 0.15) is 11.1 Å². The summed E-state index contributed by atoms with van der Waals surface area (Å²) in [6.45, 7) is -0.238. The van der Waals surface area contributed by atoms with E-state index in [9.17, 15) is 18.1 Å². The van der Waals surface area contributed by atoms with Crippen molar-refractivity contribution in [2.45, 2.75) is 11.5 Å². The van der Waals surface area contributed by atoms with Gasteiger partial charge in [0.25, 0.3) is 0 Å². The van der Waals surface area contributed by atoms with Crippen molar-refractivity contribution in [2.24, 2.45) is 0 Å². The first-order valence-electron chi connectivity index (χ1n) is 9.13. The van der Waals surface area contributed by atoms with E-state index in [0.717, 1.165) is 0 Å². The predicted molar refractivity (Wildman–Crippen MR) is 121 cm³/mol. The molecule has 0 fully saturated rings. The van der Waals surface area contributed by atoms with Crippen LogP contribution in [0.5, 0.6) is 11.5 Å². The first-order chi connectivity index (χ1) is 15.3. The van der Waals surface area contributed by atoms with Crippen LogP contribution in [-0.4, -0.2) is 15.5 Å². The number of ether oxygens (including phenoxy) is 2. The van der Waals surface area contributed by atoms with Gasteiger partial charge in [-0.15, -0.1) is 0 Å². The van der Waals surface area contributed by atoms with E-state index in [1.807, 2.05) is 0 Å². The van der Waals surface area contributed by atoms with Crippen molar-refractivity contribution in [3.05, 3.63) is 92.6 Å². The van der Waals surface area contributed by atoms with E-state index in [0.29, 0.717) is 5.02 Å². The highest BCUT2D eigenvalue weighted by Gasteiger charge is 2.22. The minimum Gasteiger partial charge on any atom is -0.493 e. The fourth-order valence-electron chi connectivity index (χ4n) is 2.83. The lowest BCUT2D eigenvalue weighted by Crippen LogP contribution is -2.05. The van der Waals surface area contributed by atoms with E-state index in [1.54, 1.807) is 24.3 Å². The molecule has 3 rings (SSSR count). The first kappa shape index (κ1) is 23.6. The fraction of sp³-hybridized carbons (Fsp3) is 0.0870. The lowest BCUT2D eigenvalue weighted by molar-refractivity contribution is 0.279. The van der Waals surface area contributed by atoms with Crippen LogP contribution >= 0.6 is 23.2 Å². The Morgan fingerprint density at radius 2 is 1.78 bits per heavy atom. The molecular formula is C23H16Cl2FNO4S. The van der Waals surface area contributed by atoms with E-state index >= 15 is 0 Å². The van der Waals surface area contributed by atoms with Gasteiger partial charge in [0.2, 0.25) is 9.84 Å². The Labute approximate surface area is 195 Å². The molecule has 9 heteroatoms. The van der Waals surface area contributed by atoms with Gasteiger partial charge >= 0.3 is 0 Å². The maximum absolute atomic E-state index is 14.1. The number of methoxy groups -OCH3 is 1. The van der Waals surface area contributed by atoms with Gasteiger partial charge in [-0.1, -0.05) is 41.4 Å². The van der Waals surface area contributed by atoms with Gasteiger partial charge in [-0.2, -0.15) is 5.26 Å². The highest BCUT2D eigenvalue weighted by Crippen LogP contribution is 2.35. The molecule has 0 bridgehead atoms. The average Bonchev–Trinajstić information content (AvgIpc) is 2.77. The lowest BCUT2D eigenvalue weighted by atomic mass is 10.1. The Balaban J connectivity index is 2.04. The Bertz CT molecular complexity index is 1300. The summed E-state index contributed by atoms with van der Waals surface area (Å²) in [6.07, 6.45) is 1.17. The van der Waals surface area contributed by atoms with Gasteiger partial charge in [0.1, 0.15) is 23.4 Å². The molecular weight excluding hydrogens is 476 g/mol. The number of sulfone groups is 1. The van der Waals surface area contributed by atoms with Crippen LogP contribution in [0.25, 0.3) is 6.08 Å². The SMILES string of the molecule is COc1cccc(C=C(C#N)S(=O)(=O)c2ccc(Cl)cc2)c1OCc1c(F)cccc1Cl. The van der Waals surface area contributed by atoms with Crippen LogP contribution in [-0.2, 0) is 16.4 Å². The molecule has 0 aliphatic carbocycles. The molecule has 164 valence electrons. The van der Waals surface area contributed by atoms with Crippen molar-refractivity contribution in [1.29, 1.82) is 5.26 Å². The molecule has 0 spiro atoms. The minimum atomic E-state index is -4.12. The molecule has 0 heterocycles. The largest absolute Gasteiger partial charge is 0.493 e. The third-order valence-corrected chi connectivity index (χ3v) is 6.75. The molecule has 0 aliphatic rings. The van der Waals surface area contributed by atoms with Gasteiger partial charge in [-0.3, -0.25) is 0 Å². The number of para-hydroxylation sites is 1. The Morgan fingerprint density at radius 3 is 2.41 bits per heavy atom. The van der Waals surface area contributed by atoms with E-state index in [-0.39, 0.29) is 39.2 Å². The summed E-state index contributed by atoms with van der Waals surface area (Å²) in [7, 11) is -2.71. The number of allylic oxidation sites excluding steroid dienone is 1. The van der Waals surface area contributed by atoms with E-state index < -0.39 is 20.6 Å². The number of hydrogen-bond donors (Lipinski definition) is 0. The van der Waals surface area contributed by atoms with Gasteiger partial charge in [0.15, 0.2) is 11.5 Å². The van der Waals surface area contributed by atoms with Crippen LogP contribution < -0.4 is 9.47 Å². The molecule has 0 radical (unpaired) electrons. The molecule has 5 nitrogen and oxygen atoms in total. The zero-order valence-corrected chi connectivity index (χ0v) is 19.0. The number of halogens is 3. The molecule has 0 saturated carbocycles. The van der Waals surface area contributed by atoms with E-state index in [4.69, 9.17) is 32.7 Å². The molecule has 0 aliphatic heterocycles. The van der Waals surface area contributed by atoms with Crippen molar-refractivity contribution >= 4 is 39.1 Å². The minimum absolute atomic E-state index is 0.0850. The molecule has 0 unspecified atom stereocenters. The Hall–Kier alpha value is -3.05. The van der Waals surface area contributed by atoms with E-state index in [2.05, 4.69) is 0 Å². The van der Waals surface area contributed by atoms with Crippen molar-refractivity contribution < 1.29 is 22.3 Å². The molecule has 3 aromatic carbocycles. The second-order valence-electron chi connectivity index (χ2n) is 6.45. The van der Waals surface area contributed by atoms with Gasteiger partial charge in [-0.25, -0.2) is 12.8 Å². The molecule has 3 aromatic rings. The van der Waals surface area contributed by atoms with E-state index in [1.165, 1.54) is 55.7 Å². The molecule has 32 heavy (non-hydrogen) atoms. The zero-order valence-electron chi connectivity index (χ0n) is 16.7. The summed E-state index contributed by atoms with van der Waals surface area (Å²) in [4.78, 5) is -0.597. The number of nitrogens with zero attached hydrogens (tertiary/aromatic N) is 1. The smallest absolute Gasteiger partial charge is 0.216 e. The highest BCUT2D eigenvalue weighted by atomic mass is 35.5. The van der Waals surface area contributed by atoms with Gasteiger partial charge < -0.3 is 9.47 Å². The summed E-state index contributed by atoms with van der Waals surface area (Å²) in [5.74, 6) is -0.145. The van der Waals surface area contributed by atoms with Crippen LogP contribution in [0.4, 0.5) is 4.39 Å². The molecule has 0 aromatic heterocycles. The number of benzene rings is 3. The normalized spacial score (nSPS) is 11.7. The summed E-state index contributed by atoms with van der Waals surface area (Å²) in [5, 5.41) is 10.1. The molecule has 0 amide bonds. The van der Waals surface area contributed by atoms with Crippen LogP contribution in [0.15, 0.2) is 70.5 Å². The standard InChI is InChI=1S/C23H16Cl2FNO4S/c1-30-22-7-2-4-15(23(22)31-14-19-20(25)5-3-6-21(19)26)12-18(13-27)32(28,29)17-10-8-16(24)9-11-17/h2-12H,14H2,1H3. The number of rotatable bonds is 7. The lowest BCUT2D eigenvalue weighted by Gasteiger charge is -2.15. The first-order valence-corrected chi connectivity index (χ1v) is 11.4. The predicted octanol–water partition coefficient (Wildman–Crippen LogP) is 6.06. The summed E-state index contributed by atoms with van der Waals surface area (Å²) < 4.78 is 51.1. The molecule has 0 saturated heterocycles. The average molecular weight is 492 g/mol. The summed E-state index contributed by atoms with van der Waals surface area (Å²) >= 11 is 11.9. The topological polar surface area (TPSA) is 76.4 Å². The number of nitriles is 1.